The molecule has 0 radical (unpaired) electrons. The Kier molecular flexibility index (Phi) is 7.74. The molecule has 170 valence electrons. The maximum absolute atomic E-state index is 12.5. The van der Waals surface area contributed by atoms with E-state index in [0.717, 1.165) is 45.0 Å². The molecule has 0 bridgehead atoms. The Bertz CT molecular complexity index is 874. The summed E-state index contributed by atoms with van der Waals surface area (Å²) >= 11 is 0. The van der Waals surface area contributed by atoms with Gasteiger partial charge in [0.05, 0.1) is 6.54 Å². The third-order valence-electron chi connectivity index (χ3n) is 6.15. The number of hydrogen-bond acceptors (Lipinski definition) is 5. The normalized spacial score (nSPS) is 17.3. The molecule has 2 fully saturated rings. The molecule has 2 aromatic carbocycles. The lowest BCUT2D eigenvalue weighted by molar-refractivity contribution is -0.131. The minimum absolute atomic E-state index is 0.0227. The lowest BCUT2D eigenvalue weighted by Gasteiger charge is -2.35. The molecule has 2 aromatic rings. The third kappa shape index (κ3) is 6.31. The Morgan fingerprint density at radius 1 is 0.750 bits per heavy atom. The number of likely N-dealkylation sites (tertiary alicyclic amines) is 1. The van der Waals surface area contributed by atoms with Gasteiger partial charge in [-0.05, 0) is 62.3 Å². The number of nitrogens with zero attached hydrogens (tertiary/aromatic N) is 3. The summed E-state index contributed by atoms with van der Waals surface area (Å²) in [5, 5.41) is 2.75. The van der Waals surface area contributed by atoms with E-state index in [0.29, 0.717) is 11.3 Å². The molecule has 2 aliphatic heterocycles. The van der Waals surface area contributed by atoms with Crippen LogP contribution in [-0.4, -0.2) is 85.4 Å². The van der Waals surface area contributed by atoms with Crippen molar-refractivity contribution in [2.24, 2.45) is 0 Å². The second-order valence-electron chi connectivity index (χ2n) is 8.39. The molecule has 0 aromatic heterocycles. The molecule has 0 spiro atoms. The molecule has 7 heteroatoms. The summed E-state index contributed by atoms with van der Waals surface area (Å²) in [6, 6.07) is 16.4. The number of nitrogens with one attached hydrogen (secondary N) is 1. The van der Waals surface area contributed by atoms with Gasteiger partial charge in [0.25, 0.3) is 5.91 Å². The molecular formula is C25H32N4O3. The zero-order valence-corrected chi connectivity index (χ0v) is 18.5. The van der Waals surface area contributed by atoms with Crippen molar-refractivity contribution in [3.63, 3.8) is 0 Å². The van der Waals surface area contributed by atoms with Gasteiger partial charge in [0.1, 0.15) is 11.5 Å². The van der Waals surface area contributed by atoms with Crippen molar-refractivity contribution < 1.29 is 14.3 Å². The van der Waals surface area contributed by atoms with Crippen LogP contribution < -0.4 is 10.1 Å². The number of carbonyl (C=O) groups is 2. The van der Waals surface area contributed by atoms with Gasteiger partial charge in [0, 0.05) is 44.8 Å². The number of rotatable bonds is 8. The van der Waals surface area contributed by atoms with Crippen molar-refractivity contribution in [2.45, 2.75) is 12.8 Å². The van der Waals surface area contributed by atoms with Crippen molar-refractivity contribution >= 4 is 11.8 Å². The predicted octanol–water partition coefficient (Wildman–Crippen LogP) is 2.45. The first kappa shape index (κ1) is 22.3. The second kappa shape index (κ2) is 11.1. The highest BCUT2D eigenvalue weighted by atomic mass is 16.5. The lowest BCUT2D eigenvalue weighted by atomic mass is 10.2. The largest absolute Gasteiger partial charge is 0.457 e. The van der Waals surface area contributed by atoms with Crippen LogP contribution >= 0.6 is 0 Å². The van der Waals surface area contributed by atoms with Crippen molar-refractivity contribution in [1.82, 2.24) is 20.0 Å². The van der Waals surface area contributed by atoms with Gasteiger partial charge in [-0.2, -0.15) is 0 Å². The first-order valence-electron chi connectivity index (χ1n) is 11.5. The van der Waals surface area contributed by atoms with Gasteiger partial charge in [-0.3, -0.25) is 14.5 Å². The Labute approximate surface area is 189 Å². The number of carbonyl (C=O) groups excluding carboxylic acids is 2. The van der Waals surface area contributed by atoms with Crippen LogP contribution in [0.1, 0.15) is 23.2 Å². The number of ether oxygens (including phenoxy) is 1. The zero-order valence-electron chi connectivity index (χ0n) is 18.5. The van der Waals surface area contributed by atoms with E-state index in [1.807, 2.05) is 35.2 Å². The molecule has 0 aliphatic carbocycles. The molecule has 0 saturated carbocycles. The number of hydrogen-bond donors (Lipinski definition) is 1. The zero-order chi connectivity index (χ0) is 22.2. The Morgan fingerprint density at radius 3 is 2.00 bits per heavy atom. The molecule has 7 nitrogen and oxygen atoms in total. The highest BCUT2D eigenvalue weighted by Gasteiger charge is 2.22. The molecule has 0 atom stereocenters. The molecule has 4 rings (SSSR count). The maximum Gasteiger partial charge on any atom is 0.251 e. The molecular weight excluding hydrogens is 404 g/mol. The fraction of sp³-hybridized carbons (Fsp3) is 0.440. The van der Waals surface area contributed by atoms with E-state index in [1.165, 1.54) is 25.9 Å². The molecule has 32 heavy (non-hydrogen) atoms. The Hall–Kier alpha value is -2.90. The molecule has 2 saturated heterocycles. The molecule has 2 heterocycles. The fourth-order valence-electron chi connectivity index (χ4n) is 4.18. The fourth-order valence-corrected chi connectivity index (χ4v) is 4.18. The summed E-state index contributed by atoms with van der Waals surface area (Å²) in [7, 11) is 0. The highest BCUT2D eigenvalue weighted by Crippen LogP contribution is 2.21. The van der Waals surface area contributed by atoms with Gasteiger partial charge in [-0.1, -0.05) is 18.2 Å². The van der Waals surface area contributed by atoms with Crippen molar-refractivity contribution in [2.75, 3.05) is 58.9 Å². The van der Waals surface area contributed by atoms with E-state index in [9.17, 15) is 9.59 Å². The quantitative estimate of drug-likeness (QED) is 0.689. The van der Waals surface area contributed by atoms with E-state index in [-0.39, 0.29) is 18.4 Å². The molecule has 1 N–H and O–H groups in total. The van der Waals surface area contributed by atoms with E-state index in [2.05, 4.69) is 15.1 Å². The van der Waals surface area contributed by atoms with Crippen LogP contribution in [0.4, 0.5) is 0 Å². The van der Waals surface area contributed by atoms with Crippen LogP contribution in [0.3, 0.4) is 0 Å². The first-order valence-corrected chi connectivity index (χ1v) is 11.5. The summed E-state index contributed by atoms with van der Waals surface area (Å²) in [6.07, 6.45) is 2.64. The van der Waals surface area contributed by atoms with E-state index < -0.39 is 0 Å². The average Bonchev–Trinajstić information content (AvgIpc) is 3.36. The first-order chi connectivity index (χ1) is 15.7. The maximum atomic E-state index is 12.5. The molecule has 2 amide bonds. The lowest BCUT2D eigenvalue weighted by Crippen LogP contribution is -2.52. The number of amides is 2. The van der Waals surface area contributed by atoms with Gasteiger partial charge in [0.2, 0.25) is 5.91 Å². The Morgan fingerprint density at radius 2 is 1.34 bits per heavy atom. The van der Waals surface area contributed by atoms with Crippen LogP contribution in [0, 0.1) is 0 Å². The van der Waals surface area contributed by atoms with E-state index in [4.69, 9.17) is 4.74 Å². The average molecular weight is 437 g/mol. The van der Waals surface area contributed by atoms with Gasteiger partial charge in [0.15, 0.2) is 0 Å². The number of para-hydroxylation sites is 1. The molecule has 0 unspecified atom stereocenters. The van der Waals surface area contributed by atoms with Gasteiger partial charge in [-0.25, -0.2) is 0 Å². The van der Waals surface area contributed by atoms with Gasteiger partial charge >= 0.3 is 0 Å². The summed E-state index contributed by atoms with van der Waals surface area (Å²) in [4.78, 5) is 31.8. The number of piperazine rings is 1. The summed E-state index contributed by atoms with van der Waals surface area (Å²) in [5.41, 5.74) is 0.505. The van der Waals surface area contributed by atoms with Crippen LogP contribution in [0.2, 0.25) is 0 Å². The summed E-state index contributed by atoms with van der Waals surface area (Å²) in [5.74, 6) is 1.12. The topological polar surface area (TPSA) is 65.1 Å². The monoisotopic (exact) mass is 436 g/mol. The predicted molar refractivity (Wildman–Crippen MR) is 124 cm³/mol. The van der Waals surface area contributed by atoms with Gasteiger partial charge < -0.3 is 19.9 Å². The second-order valence-corrected chi connectivity index (χ2v) is 8.39. The van der Waals surface area contributed by atoms with Crippen molar-refractivity contribution in [3.05, 3.63) is 60.2 Å². The van der Waals surface area contributed by atoms with Crippen LogP contribution in [-0.2, 0) is 4.79 Å². The van der Waals surface area contributed by atoms with Crippen LogP contribution in [0.15, 0.2) is 54.6 Å². The highest BCUT2D eigenvalue weighted by molar-refractivity contribution is 5.96. The SMILES string of the molecule is O=C(NCC(=O)N1CCN(CCN2CCCC2)CC1)c1ccc(Oc2ccccc2)cc1. The molecule has 2 aliphatic rings. The Balaban J connectivity index is 1.16. The summed E-state index contributed by atoms with van der Waals surface area (Å²) < 4.78 is 5.75. The summed E-state index contributed by atoms with van der Waals surface area (Å²) in [6.45, 7) is 7.91. The van der Waals surface area contributed by atoms with Gasteiger partial charge in [-0.15, -0.1) is 0 Å². The van der Waals surface area contributed by atoms with Crippen molar-refractivity contribution in [1.29, 1.82) is 0 Å². The standard InChI is InChI=1S/C25H32N4O3/c30-24(29-18-16-28(17-19-29)15-14-27-12-4-5-13-27)20-26-25(31)21-8-10-23(11-9-21)32-22-6-2-1-3-7-22/h1-3,6-11H,4-5,12-20H2,(H,26,31). The number of benzene rings is 2. The third-order valence-corrected chi connectivity index (χ3v) is 6.15. The van der Waals surface area contributed by atoms with Crippen LogP contribution in [0.25, 0.3) is 0 Å². The van der Waals surface area contributed by atoms with Crippen LogP contribution in [0.5, 0.6) is 11.5 Å². The smallest absolute Gasteiger partial charge is 0.251 e. The van der Waals surface area contributed by atoms with E-state index in [1.54, 1.807) is 24.3 Å². The van der Waals surface area contributed by atoms with Crippen molar-refractivity contribution in [3.8, 4) is 11.5 Å². The minimum atomic E-state index is -0.256. The van der Waals surface area contributed by atoms with E-state index >= 15 is 0 Å². The minimum Gasteiger partial charge on any atom is -0.457 e.